The molecule has 1 aromatic carbocycles. The van der Waals surface area contributed by atoms with Crippen LogP contribution >= 0.6 is 23.1 Å². The molecule has 0 N–H and O–H groups in total. The molecule has 3 heterocycles. The maximum absolute atomic E-state index is 10.5. The predicted octanol–water partition coefficient (Wildman–Crippen LogP) is 4.40. The third-order valence-corrected chi connectivity index (χ3v) is 8.02. The van der Waals surface area contributed by atoms with E-state index < -0.39 is 11.7 Å². The highest BCUT2D eigenvalue weighted by molar-refractivity contribution is 7.98. The van der Waals surface area contributed by atoms with E-state index in [9.17, 15) is 5.26 Å². The third kappa shape index (κ3) is 3.55. The van der Waals surface area contributed by atoms with Crippen molar-refractivity contribution in [3.63, 3.8) is 0 Å². The fourth-order valence-corrected chi connectivity index (χ4v) is 6.32. The standard InChI is InChI=1S/C23H23N3O3S2/c1-27-10-16-15-8-18(28-9-14-6-4-3-5-7-14)23(12-24,29-20(15)16)21-19-17(11-31-21)22(30-2)26-13-25-19/h3-7,11,13,15-16,18,20H,8-10H2,1-2H3. The Labute approximate surface area is 189 Å². The summed E-state index contributed by atoms with van der Waals surface area (Å²) in [7, 11) is 1.71. The molecule has 1 aliphatic carbocycles. The lowest BCUT2D eigenvalue weighted by molar-refractivity contribution is -0.159. The van der Waals surface area contributed by atoms with Crippen molar-refractivity contribution in [2.45, 2.75) is 35.9 Å². The van der Waals surface area contributed by atoms with Crippen LogP contribution in [0.1, 0.15) is 16.9 Å². The number of benzene rings is 1. The maximum atomic E-state index is 10.5. The zero-order valence-electron chi connectivity index (χ0n) is 17.4. The lowest BCUT2D eigenvalue weighted by Crippen LogP contribution is -2.46. The van der Waals surface area contributed by atoms with Crippen LogP contribution in [0.3, 0.4) is 0 Å². The molecule has 1 aliphatic heterocycles. The van der Waals surface area contributed by atoms with Crippen molar-refractivity contribution in [2.75, 3.05) is 20.0 Å². The molecule has 1 saturated heterocycles. The number of thiophene rings is 1. The number of nitriles is 1. The molecule has 1 saturated carbocycles. The molecule has 2 aliphatic rings. The molecule has 0 amide bonds. The molecule has 6 nitrogen and oxygen atoms in total. The van der Waals surface area contributed by atoms with Crippen LogP contribution in [0.25, 0.3) is 10.9 Å². The summed E-state index contributed by atoms with van der Waals surface area (Å²) in [6, 6.07) is 12.5. The van der Waals surface area contributed by atoms with E-state index in [2.05, 4.69) is 16.0 Å². The first-order chi connectivity index (χ1) is 15.2. The normalized spacial score (nSPS) is 29.5. The van der Waals surface area contributed by atoms with Crippen LogP contribution in [0.2, 0.25) is 0 Å². The summed E-state index contributed by atoms with van der Waals surface area (Å²) < 4.78 is 18.4. The number of ether oxygens (including phenoxy) is 3. The molecule has 31 heavy (non-hydrogen) atoms. The van der Waals surface area contributed by atoms with Crippen molar-refractivity contribution in [1.82, 2.24) is 9.97 Å². The lowest BCUT2D eigenvalue weighted by Gasteiger charge is -2.37. The molecular formula is C23H23N3O3S2. The largest absolute Gasteiger partial charge is 0.384 e. The van der Waals surface area contributed by atoms with E-state index in [0.717, 1.165) is 32.8 Å². The average molecular weight is 454 g/mol. The molecule has 0 radical (unpaired) electrons. The number of nitrogens with zero attached hydrogens (tertiary/aromatic N) is 3. The van der Waals surface area contributed by atoms with Crippen LogP contribution in [0.15, 0.2) is 47.1 Å². The zero-order chi connectivity index (χ0) is 21.4. The number of thioether (sulfide) groups is 1. The Kier molecular flexibility index (Phi) is 5.71. The van der Waals surface area contributed by atoms with E-state index in [0.29, 0.717) is 25.0 Å². The summed E-state index contributed by atoms with van der Waals surface area (Å²) in [6.07, 6.45) is 3.93. The number of methoxy groups -OCH3 is 1. The van der Waals surface area contributed by atoms with Gasteiger partial charge in [0.2, 0.25) is 5.60 Å². The third-order valence-electron chi connectivity index (χ3n) is 6.22. The highest BCUT2D eigenvalue weighted by Gasteiger charge is 2.64. The highest BCUT2D eigenvalue weighted by atomic mass is 32.2. The summed E-state index contributed by atoms with van der Waals surface area (Å²) >= 11 is 3.08. The smallest absolute Gasteiger partial charge is 0.217 e. The van der Waals surface area contributed by atoms with E-state index in [1.807, 2.05) is 42.0 Å². The number of hydrogen-bond acceptors (Lipinski definition) is 8. The van der Waals surface area contributed by atoms with Gasteiger partial charge in [-0.15, -0.1) is 23.1 Å². The SMILES string of the molecule is COCC1C2CC(OCc3ccccc3)C(C#N)(c3scc4c(SC)ncnc34)OC12. The van der Waals surface area contributed by atoms with Gasteiger partial charge in [0.15, 0.2) is 0 Å². The van der Waals surface area contributed by atoms with Crippen molar-refractivity contribution in [3.8, 4) is 6.07 Å². The van der Waals surface area contributed by atoms with Crippen molar-refractivity contribution < 1.29 is 14.2 Å². The molecule has 5 rings (SSSR count). The Morgan fingerprint density at radius 1 is 1.32 bits per heavy atom. The van der Waals surface area contributed by atoms with E-state index in [-0.39, 0.29) is 6.10 Å². The summed E-state index contributed by atoms with van der Waals surface area (Å²) in [6.45, 7) is 1.06. The van der Waals surface area contributed by atoms with Gasteiger partial charge in [-0.3, -0.25) is 0 Å². The monoisotopic (exact) mass is 453 g/mol. The van der Waals surface area contributed by atoms with Gasteiger partial charge in [0.25, 0.3) is 0 Å². The first kappa shape index (κ1) is 20.9. The first-order valence-corrected chi connectivity index (χ1v) is 12.3. The number of hydrogen-bond donors (Lipinski definition) is 0. The Morgan fingerprint density at radius 2 is 2.16 bits per heavy atom. The van der Waals surface area contributed by atoms with Gasteiger partial charge in [-0.05, 0) is 24.2 Å². The topological polar surface area (TPSA) is 77.3 Å². The molecule has 2 aromatic heterocycles. The fourth-order valence-electron chi connectivity index (χ4n) is 4.58. The van der Waals surface area contributed by atoms with Gasteiger partial charge in [0.05, 0.1) is 29.7 Å². The Morgan fingerprint density at radius 3 is 2.90 bits per heavy atom. The van der Waals surface area contributed by atoms with Gasteiger partial charge >= 0.3 is 0 Å². The minimum absolute atomic E-state index is 0.00943. The molecule has 0 spiro atoms. The van der Waals surface area contributed by atoms with Gasteiger partial charge in [0, 0.05) is 23.8 Å². The lowest BCUT2D eigenvalue weighted by atomic mass is 9.89. The maximum Gasteiger partial charge on any atom is 0.217 e. The predicted molar refractivity (Wildman–Crippen MR) is 120 cm³/mol. The molecule has 8 heteroatoms. The van der Waals surface area contributed by atoms with E-state index in [1.54, 1.807) is 25.2 Å². The molecule has 2 fully saturated rings. The van der Waals surface area contributed by atoms with Gasteiger partial charge in [-0.2, -0.15) is 5.26 Å². The second-order valence-electron chi connectivity index (χ2n) is 7.94. The highest BCUT2D eigenvalue weighted by Crippen LogP contribution is 2.57. The number of rotatable bonds is 7. The van der Waals surface area contributed by atoms with Crippen LogP contribution in [-0.2, 0) is 26.4 Å². The Hall–Kier alpha value is -2.02. The van der Waals surface area contributed by atoms with Crippen LogP contribution < -0.4 is 0 Å². The van der Waals surface area contributed by atoms with Gasteiger partial charge < -0.3 is 14.2 Å². The Bertz CT molecular complexity index is 1120. The van der Waals surface area contributed by atoms with Crippen LogP contribution in [0.4, 0.5) is 0 Å². The molecule has 160 valence electrons. The van der Waals surface area contributed by atoms with Crippen LogP contribution in [0.5, 0.6) is 0 Å². The van der Waals surface area contributed by atoms with Crippen LogP contribution in [0, 0.1) is 23.2 Å². The minimum atomic E-state index is -1.20. The van der Waals surface area contributed by atoms with Crippen LogP contribution in [-0.4, -0.2) is 42.1 Å². The number of fused-ring (bicyclic) bond motifs is 2. The summed E-state index contributed by atoms with van der Waals surface area (Å²) in [4.78, 5) is 9.72. The Balaban J connectivity index is 1.54. The second kappa shape index (κ2) is 8.49. The quantitative estimate of drug-likeness (QED) is 0.388. The number of aromatic nitrogens is 2. The van der Waals surface area contributed by atoms with Gasteiger partial charge in [0.1, 0.15) is 23.5 Å². The van der Waals surface area contributed by atoms with Crippen molar-refractivity contribution in [1.29, 1.82) is 5.26 Å². The van der Waals surface area contributed by atoms with E-state index >= 15 is 0 Å². The molecule has 5 unspecified atom stereocenters. The first-order valence-electron chi connectivity index (χ1n) is 10.2. The zero-order valence-corrected chi connectivity index (χ0v) is 19.0. The van der Waals surface area contributed by atoms with E-state index in [1.165, 1.54) is 11.3 Å². The van der Waals surface area contributed by atoms with Gasteiger partial charge in [-0.25, -0.2) is 9.97 Å². The summed E-state index contributed by atoms with van der Waals surface area (Å²) in [5, 5.41) is 14.4. The molecule has 0 bridgehead atoms. The van der Waals surface area contributed by atoms with Crippen molar-refractivity contribution in [3.05, 3.63) is 52.5 Å². The fraction of sp³-hybridized carbons (Fsp3) is 0.435. The second-order valence-corrected chi connectivity index (χ2v) is 9.62. The average Bonchev–Trinajstić information content (AvgIpc) is 3.27. The van der Waals surface area contributed by atoms with Crippen molar-refractivity contribution >= 4 is 34.0 Å². The minimum Gasteiger partial charge on any atom is -0.384 e. The molecule has 3 aromatic rings. The van der Waals surface area contributed by atoms with Crippen molar-refractivity contribution in [2.24, 2.45) is 11.8 Å². The van der Waals surface area contributed by atoms with E-state index in [4.69, 9.17) is 14.2 Å². The molecular weight excluding hydrogens is 430 g/mol. The van der Waals surface area contributed by atoms with Gasteiger partial charge in [-0.1, -0.05) is 30.3 Å². The summed E-state index contributed by atoms with van der Waals surface area (Å²) in [5.41, 5.74) is 0.653. The summed E-state index contributed by atoms with van der Waals surface area (Å²) in [5.74, 6) is 0.649. The molecule has 5 atom stereocenters.